The Balaban J connectivity index is 1.95. The molecule has 1 heterocycles. The molecule has 1 aromatic carbocycles. The van der Waals surface area contributed by atoms with E-state index in [9.17, 15) is 4.79 Å². The summed E-state index contributed by atoms with van der Waals surface area (Å²) in [6.45, 7) is 6.11. The van der Waals surface area contributed by atoms with Crippen molar-refractivity contribution in [1.29, 1.82) is 0 Å². The lowest BCUT2D eigenvalue weighted by atomic mass is 10.1. The fraction of sp³-hybridized carbons (Fsp3) is 0.562. The summed E-state index contributed by atoms with van der Waals surface area (Å²) in [5.41, 5.74) is 7.14. The molecule has 3 N–H and O–H groups in total. The highest BCUT2D eigenvalue weighted by Crippen LogP contribution is 2.22. The molecule has 0 aromatic heterocycles. The summed E-state index contributed by atoms with van der Waals surface area (Å²) in [6.07, 6.45) is 0. The Hall–Kier alpha value is -1.59. The van der Waals surface area contributed by atoms with Crippen molar-refractivity contribution >= 4 is 17.3 Å². The predicted octanol–water partition coefficient (Wildman–Crippen LogP) is 1.48. The number of anilines is 2. The van der Waals surface area contributed by atoms with Crippen molar-refractivity contribution < 1.29 is 4.79 Å². The van der Waals surface area contributed by atoms with E-state index in [2.05, 4.69) is 36.1 Å². The lowest BCUT2D eigenvalue weighted by molar-refractivity contribution is -0.120. The molecule has 1 aromatic rings. The number of hydrogen-bond donors (Lipinski definition) is 2. The van der Waals surface area contributed by atoms with Gasteiger partial charge in [0, 0.05) is 30.5 Å². The van der Waals surface area contributed by atoms with E-state index in [0.717, 1.165) is 18.8 Å². The van der Waals surface area contributed by atoms with E-state index in [0.29, 0.717) is 17.6 Å². The third-order valence-corrected chi connectivity index (χ3v) is 4.37. The van der Waals surface area contributed by atoms with E-state index in [-0.39, 0.29) is 11.9 Å². The van der Waals surface area contributed by atoms with Crippen molar-refractivity contribution in [3.05, 3.63) is 24.3 Å². The highest BCUT2D eigenvalue weighted by atomic mass is 16.2. The monoisotopic (exact) mass is 290 g/mol. The van der Waals surface area contributed by atoms with Gasteiger partial charge in [-0.3, -0.25) is 9.69 Å². The second-order valence-electron chi connectivity index (χ2n) is 6.25. The number of likely N-dealkylation sites (N-methyl/N-ethyl adjacent to an activating group) is 1. The third kappa shape index (κ3) is 3.74. The molecule has 1 amide bonds. The van der Waals surface area contributed by atoms with E-state index in [1.165, 1.54) is 0 Å². The van der Waals surface area contributed by atoms with Crippen LogP contribution in [0, 0.1) is 5.92 Å². The second-order valence-corrected chi connectivity index (χ2v) is 6.25. The molecule has 0 radical (unpaired) electrons. The van der Waals surface area contributed by atoms with Crippen molar-refractivity contribution in [2.75, 3.05) is 38.2 Å². The van der Waals surface area contributed by atoms with Gasteiger partial charge < -0.3 is 16.0 Å². The van der Waals surface area contributed by atoms with Crippen LogP contribution in [-0.4, -0.2) is 55.0 Å². The van der Waals surface area contributed by atoms with E-state index in [1.807, 2.05) is 19.1 Å². The van der Waals surface area contributed by atoms with Gasteiger partial charge in [-0.25, -0.2) is 0 Å². The van der Waals surface area contributed by atoms with Crippen LogP contribution in [0.2, 0.25) is 0 Å². The Morgan fingerprint density at radius 1 is 1.33 bits per heavy atom. The number of carbonyl (C=O) groups is 1. The van der Waals surface area contributed by atoms with Gasteiger partial charge in [-0.05, 0) is 51.2 Å². The summed E-state index contributed by atoms with van der Waals surface area (Å²) in [6, 6.07) is 7.62. The molecule has 0 bridgehead atoms. The van der Waals surface area contributed by atoms with Gasteiger partial charge in [0.2, 0.25) is 5.91 Å². The second kappa shape index (κ2) is 6.45. The lowest BCUT2D eigenvalue weighted by Crippen LogP contribution is -2.42. The number of nitrogens with one attached hydrogen (secondary N) is 1. The van der Waals surface area contributed by atoms with Gasteiger partial charge in [0.05, 0.1) is 6.04 Å². The molecular formula is C16H26N4O. The predicted molar refractivity (Wildman–Crippen MR) is 87.2 cm³/mol. The Kier molecular flexibility index (Phi) is 4.85. The fourth-order valence-electron chi connectivity index (χ4n) is 2.95. The number of carbonyl (C=O) groups excluding carboxylic acids is 1. The van der Waals surface area contributed by atoms with Crippen LogP contribution in [0.4, 0.5) is 11.4 Å². The van der Waals surface area contributed by atoms with Crippen LogP contribution >= 0.6 is 0 Å². The van der Waals surface area contributed by atoms with Crippen molar-refractivity contribution in [2.45, 2.75) is 25.9 Å². The van der Waals surface area contributed by atoms with Gasteiger partial charge in [0.1, 0.15) is 0 Å². The topological polar surface area (TPSA) is 61.6 Å². The van der Waals surface area contributed by atoms with Crippen molar-refractivity contribution in [3.63, 3.8) is 0 Å². The standard InChI is InChI=1S/C16H26N4O/c1-11-9-20(10-15(11)19(3)4)12(2)16(21)18-14-7-5-13(17)6-8-14/h5-8,11-12,15H,9-10,17H2,1-4H3,(H,18,21). The average Bonchev–Trinajstić information content (AvgIpc) is 2.82. The Morgan fingerprint density at radius 3 is 2.48 bits per heavy atom. The number of rotatable bonds is 4. The van der Waals surface area contributed by atoms with Crippen LogP contribution < -0.4 is 11.1 Å². The molecule has 1 aliphatic rings. The third-order valence-electron chi connectivity index (χ3n) is 4.37. The maximum absolute atomic E-state index is 12.4. The summed E-state index contributed by atoms with van der Waals surface area (Å²) >= 11 is 0. The number of amides is 1. The SMILES string of the molecule is CC1CN(C(C)C(=O)Nc2ccc(N)cc2)CC1N(C)C. The Bertz CT molecular complexity index is 486. The van der Waals surface area contributed by atoms with E-state index < -0.39 is 0 Å². The van der Waals surface area contributed by atoms with Gasteiger partial charge in [-0.15, -0.1) is 0 Å². The van der Waals surface area contributed by atoms with Crippen molar-refractivity contribution in [2.24, 2.45) is 5.92 Å². The molecule has 2 rings (SSSR count). The van der Waals surface area contributed by atoms with Gasteiger partial charge in [0.25, 0.3) is 0 Å². The van der Waals surface area contributed by atoms with Gasteiger partial charge in [0.15, 0.2) is 0 Å². The maximum Gasteiger partial charge on any atom is 0.241 e. The smallest absolute Gasteiger partial charge is 0.241 e. The summed E-state index contributed by atoms with van der Waals surface area (Å²) in [4.78, 5) is 16.9. The summed E-state index contributed by atoms with van der Waals surface area (Å²) in [7, 11) is 4.20. The van der Waals surface area contributed by atoms with E-state index in [4.69, 9.17) is 5.73 Å². The molecule has 3 atom stereocenters. The van der Waals surface area contributed by atoms with Crippen LogP contribution in [0.5, 0.6) is 0 Å². The van der Waals surface area contributed by atoms with Crippen LogP contribution in [-0.2, 0) is 4.79 Å². The Morgan fingerprint density at radius 2 is 1.95 bits per heavy atom. The van der Waals surface area contributed by atoms with Crippen LogP contribution in [0.3, 0.4) is 0 Å². The molecule has 1 fully saturated rings. The minimum Gasteiger partial charge on any atom is -0.399 e. The molecule has 0 aliphatic carbocycles. The van der Waals surface area contributed by atoms with Gasteiger partial charge in [-0.1, -0.05) is 6.92 Å². The minimum absolute atomic E-state index is 0.0337. The van der Waals surface area contributed by atoms with Crippen LogP contribution in [0.15, 0.2) is 24.3 Å². The quantitative estimate of drug-likeness (QED) is 0.825. The molecule has 5 heteroatoms. The van der Waals surface area contributed by atoms with Gasteiger partial charge in [-0.2, -0.15) is 0 Å². The zero-order chi connectivity index (χ0) is 15.6. The molecule has 0 saturated carbocycles. The number of hydrogen-bond acceptors (Lipinski definition) is 4. The zero-order valence-electron chi connectivity index (χ0n) is 13.3. The molecule has 3 unspecified atom stereocenters. The molecule has 0 spiro atoms. The molecule has 5 nitrogen and oxygen atoms in total. The fourth-order valence-corrected chi connectivity index (χ4v) is 2.95. The number of benzene rings is 1. The highest BCUT2D eigenvalue weighted by Gasteiger charge is 2.35. The zero-order valence-corrected chi connectivity index (χ0v) is 13.3. The number of nitrogens with zero attached hydrogens (tertiary/aromatic N) is 2. The number of nitrogen functional groups attached to an aromatic ring is 1. The van der Waals surface area contributed by atoms with Gasteiger partial charge >= 0.3 is 0 Å². The number of nitrogens with two attached hydrogens (primary N) is 1. The van der Waals surface area contributed by atoms with E-state index >= 15 is 0 Å². The molecule has 116 valence electrons. The molecule has 1 aliphatic heterocycles. The molecular weight excluding hydrogens is 264 g/mol. The number of likely N-dealkylation sites (tertiary alicyclic amines) is 1. The Labute approximate surface area is 127 Å². The summed E-state index contributed by atoms with van der Waals surface area (Å²) in [5.74, 6) is 0.609. The molecule has 1 saturated heterocycles. The summed E-state index contributed by atoms with van der Waals surface area (Å²) in [5, 5.41) is 2.95. The minimum atomic E-state index is -0.130. The van der Waals surface area contributed by atoms with Crippen LogP contribution in [0.25, 0.3) is 0 Å². The largest absolute Gasteiger partial charge is 0.399 e. The first-order valence-electron chi connectivity index (χ1n) is 7.45. The van der Waals surface area contributed by atoms with Crippen molar-refractivity contribution in [1.82, 2.24) is 9.80 Å². The maximum atomic E-state index is 12.4. The highest BCUT2D eigenvalue weighted by molar-refractivity contribution is 5.94. The normalized spacial score (nSPS) is 24.2. The lowest BCUT2D eigenvalue weighted by Gasteiger charge is -2.25. The van der Waals surface area contributed by atoms with E-state index in [1.54, 1.807) is 12.1 Å². The first-order valence-corrected chi connectivity index (χ1v) is 7.45. The average molecular weight is 290 g/mol. The summed E-state index contributed by atoms with van der Waals surface area (Å²) < 4.78 is 0. The first kappa shape index (κ1) is 15.8. The van der Waals surface area contributed by atoms with Crippen LogP contribution in [0.1, 0.15) is 13.8 Å². The molecule has 21 heavy (non-hydrogen) atoms. The first-order chi connectivity index (χ1) is 9.88. The van der Waals surface area contributed by atoms with Crippen molar-refractivity contribution in [3.8, 4) is 0 Å².